The Labute approximate surface area is 42.5 Å². The predicted molar refractivity (Wildman–Crippen MR) is 25.9 cm³/mol. The van der Waals surface area contributed by atoms with Crippen molar-refractivity contribution in [3.05, 3.63) is 6.42 Å². The summed E-state index contributed by atoms with van der Waals surface area (Å²) in [6.07, 6.45) is 1.46. The van der Waals surface area contributed by atoms with Crippen LogP contribution in [0.5, 0.6) is 0 Å². The fourth-order valence-corrected chi connectivity index (χ4v) is 0. The number of hydrogen-bond donors (Lipinski definition) is 0. The maximum Gasteiger partial charge on any atom is 0.187 e. The van der Waals surface area contributed by atoms with Gasteiger partial charge in [0.15, 0.2) is 17.4 Å². The molecule has 0 spiro atoms. The summed E-state index contributed by atoms with van der Waals surface area (Å²) in [6.45, 7) is 1.38. The van der Waals surface area contributed by atoms with Gasteiger partial charge in [-0.05, 0) is 6.42 Å². The van der Waals surface area contributed by atoms with E-state index in [-0.39, 0.29) is 24.0 Å². The van der Waals surface area contributed by atoms with Crippen molar-refractivity contribution in [1.82, 2.24) is 0 Å². The second-order valence-electron chi connectivity index (χ2n) is 0.563. The molecule has 0 aliphatic rings. The Bertz CT molecular complexity index is 8.85. The first kappa shape index (κ1) is 9.07. The van der Waals surface area contributed by atoms with Gasteiger partial charge in [-0.25, -0.2) is 0 Å². The summed E-state index contributed by atoms with van der Waals surface area (Å²) in [5.74, 6) is 0. The summed E-state index contributed by atoms with van der Waals surface area (Å²) >= 11 is 0. The van der Waals surface area contributed by atoms with Gasteiger partial charge >= 0.3 is 0 Å². The number of halogens is 1. The number of rotatable bonds is 1. The Morgan fingerprint density at radius 2 is 2.00 bits per heavy atom. The van der Waals surface area contributed by atoms with Crippen LogP contribution >= 0.6 is 0 Å². The minimum absolute atomic E-state index is 0. The van der Waals surface area contributed by atoms with E-state index in [1.807, 2.05) is 0 Å². The lowest BCUT2D eigenvalue weighted by Gasteiger charge is -1.64. The van der Waals surface area contributed by atoms with Gasteiger partial charge in [-0.1, -0.05) is 6.92 Å². The Morgan fingerprint density at radius 3 is 2.00 bits per heavy atom. The van der Waals surface area contributed by atoms with Gasteiger partial charge in [0, 0.05) is 0 Å². The van der Waals surface area contributed by atoms with E-state index >= 15 is 0 Å². The summed E-state index contributed by atoms with van der Waals surface area (Å²) in [4.78, 5) is 0. The fraction of sp³-hybridized carbons (Fsp3) is 0.667. The highest BCUT2D eigenvalue weighted by Gasteiger charge is 1.61. The van der Waals surface area contributed by atoms with Gasteiger partial charge in [-0.15, -0.1) is 0 Å². The molecule has 0 saturated carbocycles. The summed E-state index contributed by atoms with van der Waals surface area (Å²) in [5.41, 5.74) is 0. The van der Waals surface area contributed by atoms with Crippen LogP contribution in [-0.4, -0.2) is 24.0 Å². The van der Waals surface area contributed by atoms with Crippen LogP contribution in [0.4, 0.5) is 4.39 Å². The Balaban J connectivity index is 0. The van der Waals surface area contributed by atoms with Crippen molar-refractivity contribution < 1.29 is 4.39 Å². The lowest BCUT2D eigenvalue weighted by molar-refractivity contribution is 0.539. The third-order valence-corrected chi connectivity index (χ3v) is 0.154. The van der Waals surface area contributed by atoms with Crippen molar-refractivity contribution in [3.63, 3.8) is 0 Å². The molecule has 0 heterocycles. The standard InChI is InChI=1S/C3H6F.Al.3H/c1-2-3-4;;;;/h2H,3H2,1H3;;;;. The van der Waals surface area contributed by atoms with Crippen molar-refractivity contribution in [1.29, 1.82) is 0 Å². The van der Waals surface area contributed by atoms with E-state index < -0.39 is 0 Å². The Morgan fingerprint density at radius 1 is 1.80 bits per heavy atom. The van der Waals surface area contributed by atoms with Crippen LogP contribution in [0.2, 0.25) is 0 Å². The number of alkyl halides is 1. The molecule has 0 unspecified atom stereocenters. The first-order valence-electron chi connectivity index (χ1n) is 1.25. The zero-order chi connectivity index (χ0) is 3.41. The molecule has 5 heavy (non-hydrogen) atoms. The zero-order valence-electron chi connectivity index (χ0n) is 2.66. The maximum absolute atomic E-state index is 10.7. The molecule has 0 nitrogen and oxygen atoms in total. The molecule has 0 N–H and O–H groups in total. The van der Waals surface area contributed by atoms with Crippen molar-refractivity contribution in [3.8, 4) is 0 Å². The first-order chi connectivity index (χ1) is 1.91. The minimum Gasteiger partial charge on any atom is -0.251 e. The molecule has 1 radical (unpaired) electrons. The molecule has 2 heteroatoms. The van der Waals surface area contributed by atoms with Crippen LogP contribution in [0.15, 0.2) is 0 Å². The van der Waals surface area contributed by atoms with E-state index in [0.717, 1.165) is 0 Å². The van der Waals surface area contributed by atoms with Crippen LogP contribution in [-0.2, 0) is 0 Å². The summed E-state index contributed by atoms with van der Waals surface area (Å²) < 4.78 is 10.7. The van der Waals surface area contributed by atoms with E-state index in [4.69, 9.17) is 0 Å². The summed E-state index contributed by atoms with van der Waals surface area (Å²) in [6, 6.07) is 0. The van der Waals surface area contributed by atoms with Crippen LogP contribution in [0.25, 0.3) is 0 Å². The third-order valence-electron chi connectivity index (χ3n) is 0.154. The topological polar surface area (TPSA) is 0 Å². The smallest absolute Gasteiger partial charge is 0.187 e. The Kier molecular flexibility index (Phi) is 16.0. The lowest BCUT2D eigenvalue weighted by atomic mass is 10.6. The highest BCUT2D eigenvalue weighted by atomic mass is 27.0. The van der Waals surface area contributed by atoms with E-state index in [0.29, 0.717) is 0 Å². The molecule has 0 aliphatic carbocycles. The molecular weight excluding hydrogens is 82.0 g/mol. The minimum atomic E-state index is -0.306. The highest BCUT2D eigenvalue weighted by Crippen LogP contribution is 1.67. The number of hydrogen-bond acceptors (Lipinski definition) is 0. The fourth-order valence-electron chi connectivity index (χ4n) is 0. The van der Waals surface area contributed by atoms with Gasteiger partial charge in [0.1, 0.15) is 0 Å². The van der Waals surface area contributed by atoms with Gasteiger partial charge in [0.25, 0.3) is 0 Å². The molecular formula is C3H9AlF. The van der Waals surface area contributed by atoms with Crippen molar-refractivity contribution >= 4 is 17.4 Å². The van der Waals surface area contributed by atoms with Gasteiger partial charge in [-0.3, -0.25) is 4.39 Å². The van der Waals surface area contributed by atoms with Crippen molar-refractivity contribution in [2.24, 2.45) is 0 Å². The third kappa shape index (κ3) is 12.7. The molecule has 0 atom stereocenters. The van der Waals surface area contributed by atoms with Gasteiger partial charge < -0.3 is 0 Å². The second kappa shape index (κ2) is 8.82. The average Bonchev–Trinajstić information content (AvgIpc) is 1.37. The molecule has 31 valence electrons. The summed E-state index contributed by atoms with van der Waals surface area (Å²) in [7, 11) is 0. The van der Waals surface area contributed by atoms with E-state index in [1.54, 1.807) is 6.92 Å². The molecule has 0 aromatic carbocycles. The molecule has 0 aromatic rings. The van der Waals surface area contributed by atoms with Crippen molar-refractivity contribution in [2.75, 3.05) is 6.67 Å². The molecule has 0 rings (SSSR count). The normalized spacial score (nSPS) is 6.00. The van der Waals surface area contributed by atoms with Gasteiger partial charge in [-0.2, -0.15) is 0 Å². The van der Waals surface area contributed by atoms with Crippen LogP contribution in [0.1, 0.15) is 6.92 Å². The molecule has 0 saturated heterocycles. The first-order valence-corrected chi connectivity index (χ1v) is 1.25. The molecule has 0 aliphatic heterocycles. The molecule has 0 aromatic heterocycles. The maximum atomic E-state index is 10.7. The second-order valence-corrected chi connectivity index (χ2v) is 0.563. The van der Waals surface area contributed by atoms with Crippen LogP contribution in [0.3, 0.4) is 0 Å². The van der Waals surface area contributed by atoms with Crippen molar-refractivity contribution in [2.45, 2.75) is 6.92 Å². The monoisotopic (exact) mass is 91.1 g/mol. The zero-order valence-corrected chi connectivity index (χ0v) is 2.66. The predicted octanol–water partition coefficient (Wildman–Crippen LogP) is -0.00381. The molecule has 0 fully saturated rings. The van der Waals surface area contributed by atoms with E-state index in [1.165, 1.54) is 6.42 Å². The average molecular weight is 91.1 g/mol. The van der Waals surface area contributed by atoms with Crippen LogP contribution in [0, 0.1) is 6.42 Å². The van der Waals surface area contributed by atoms with Crippen LogP contribution < -0.4 is 0 Å². The van der Waals surface area contributed by atoms with E-state index in [2.05, 4.69) is 0 Å². The quantitative estimate of drug-likeness (QED) is 0.398. The molecule has 0 bridgehead atoms. The van der Waals surface area contributed by atoms with Gasteiger partial charge in [0.2, 0.25) is 0 Å². The van der Waals surface area contributed by atoms with E-state index in [9.17, 15) is 4.39 Å². The Hall–Kier alpha value is 0.462. The summed E-state index contributed by atoms with van der Waals surface area (Å²) in [5, 5.41) is 0. The SMILES string of the molecule is C[CH]CF.[AlH3]. The lowest BCUT2D eigenvalue weighted by Crippen LogP contribution is -1.60. The highest BCUT2D eigenvalue weighted by molar-refractivity contribution is 5.75. The molecule has 0 amide bonds. The largest absolute Gasteiger partial charge is 0.251 e. The van der Waals surface area contributed by atoms with Gasteiger partial charge in [0.05, 0.1) is 6.67 Å².